The molecule has 0 aliphatic rings. The number of aliphatic imine (C=N–C) groups is 1. The molecule has 3 heteroatoms. The van der Waals surface area contributed by atoms with Gasteiger partial charge in [0.25, 0.3) is 0 Å². The monoisotopic (exact) mass is 205 g/mol. The van der Waals surface area contributed by atoms with Crippen LogP contribution in [0.15, 0.2) is 29.3 Å². The Morgan fingerprint density at radius 2 is 2.07 bits per heavy atom. The number of amides is 1. The molecule has 1 N–H and O–H groups in total. The number of nitrogens with zero attached hydrogens (tertiary/aromatic N) is 1. The van der Waals surface area contributed by atoms with Crippen molar-refractivity contribution in [2.24, 2.45) is 10.9 Å². The third-order valence-corrected chi connectivity index (χ3v) is 2.27. The van der Waals surface area contributed by atoms with Gasteiger partial charge in [-0.3, -0.25) is 4.79 Å². The van der Waals surface area contributed by atoms with E-state index in [2.05, 4.69) is 4.99 Å². The van der Waals surface area contributed by atoms with Crippen LogP contribution in [-0.4, -0.2) is 17.2 Å². The molecule has 1 atom stereocenters. The number of carbonyl (C=O) groups excluding carboxylic acids is 1. The Morgan fingerprint density at radius 3 is 2.60 bits per heavy atom. The van der Waals surface area contributed by atoms with Crippen molar-refractivity contribution in [2.75, 3.05) is 0 Å². The van der Waals surface area contributed by atoms with Crippen LogP contribution in [0.4, 0.5) is 0 Å². The minimum atomic E-state index is -0.106. The Balaban J connectivity index is 2.65. The zero-order chi connectivity index (χ0) is 11.3. The number of hydrogen-bond donors (Lipinski definition) is 1. The summed E-state index contributed by atoms with van der Waals surface area (Å²) in [5.41, 5.74) is 0.810. The molecule has 0 spiro atoms. The van der Waals surface area contributed by atoms with Crippen molar-refractivity contribution >= 4 is 12.1 Å². The zero-order valence-electron chi connectivity index (χ0n) is 8.97. The number of aromatic hydroxyl groups is 1. The molecule has 0 aliphatic carbocycles. The van der Waals surface area contributed by atoms with Gasteiger partial charge >= 0.3 is 0 Å². The molecule has 15 heavy (non-hydrogen) atoms. The third-order valence-electron chi connectivity index (χ3n) is 2.27. The number of phenolic OH excluding ortho intramolecular Hbond substituents is 1. The lowest BCUT2D eigenvalue weighted by atomic mass is 10.1. The fraction of sp³-hybridized carbons (Fsp3) is 0.333. The van der Waals surface area contributed by atoms with E-state index in [9.17, 15) is 4.79 Å². The van der Waals surface area contributed by atoms with Crippen LogP contribution in [0.1, 0.15) is 25.8 Å². The maximum absolute atomic E-state index is 11.4. The zero-order valence-corrected chi connectivity index (χ0v) is 8.97. The van der Waals surface area contributed by atoms with Gasteiger partial charge in [-0.2, -0.15) is 0 Å². The molecule has 0 saturated heterocycles. The summed E-state index contributed by atoms with van der Waals surface area (Å²) in [7, 11) is 0. The van der Waals surface area contributed by atoms with Crippen molar-refractivity contribution < 1.29 is 9.90 Å². The van der Waals surface area contributed by atoms with Gasteiger partial charge in [-0.05, 0) is 36.2 Å². The van der Waals surface area contributed by atoms with E-state index in [-0.39, 0.29) is 17.6 Å². The van der Waals surface area contributed by atoms with E-state index < -0.39 is 0 Å². The summed E-state index contributed by atoms with van der Waals surface area (Å²) in [6, 6.07) is 6.55. The summed E-state index contributed by atoms with van der Waals surface area (Å²) in [5, 5.41) is 9.05. The van der Waals surface area contributed by atoms with Crippen LogP contribution in [0, 0.1) is 5.92 Å². The Bertz CT molecular complexity index is 354. The lowest BCUT2D eigenvalue weighted by molar-refractivity contribution is -0.121. The molecule has 3 nitrogen and oxygen atoms in total. The molecule has 0 bridgehead atoms. The molecule has 1 unspecified atom stereocenters. The molecule has 0 aromatic heterocycles. The minimum absolute atomic E-state index is 0.0293. The summed E-state index contributed by atoms with van der Waals surface area (Å²) < 4.78 is 0. The van der Waals surface area contributed by atoms with Crippen molar-refractivity contribution in [1.82, 2.24) is 0 Å². The number of phenols is 1. The van der Waals surface area contributed by atoms with Crippen LogP contribution >= 0.6 is 0 Å². The Kier molecular flexibility index (Phi) is 4.03. The second-order valence-corrected chi connectivity index (χ2v) is 3.50. The average molecular weight is 205 g/mol. The smallest absolute Gasteiger partial charge is 0.248 e. The number of hydrogen-bond acceptors (Lipinski definition) is 2. The first-order valence-corrected chi connectivity index (χ1v) is 5.00. The molecular formula is C12H15NO2. The van der Waals surface area contributed by atoms with Gasteiger partial charge in [0.05, 0.1) is 0 Å². The van der Waals surface area contributed by atoms with Gasteiger partial charge in [-0.15, -0.1) is 0 Å². The number of rotatable bonds is 3. The average Bonchev–Trinajstić information content (AvgIpc) is 2.26. The molecule has 0 saturated carbocycles. The van der Waals surface area contributed by atoms with Gasteiger partial charge in [0.15, 0.2) is 0 Å². The van der Waals surface area contributed by atoms with Crippen molar-refractivity contribution in [2.45, 2.75) is 20.3 Å². The highest BCUT2D eigenvalue weighted by Crippen LogP contribution is 2.08. The van der Waals surface area contributed by atoms with Crippen molar-refractivity contribution in [3.8, 4) is 5.75 Å². The molecule has 0 heterocycles. The van der Waals surface area contributed by atoms with Gasteiger partial charge in [-0.1, -0.05) is 13.8 Å². The van der Waals surface area contributed by atoms with Gasteiger partial charge < -0.3 is 5.11 Å². The van der Waals surface area contributed by atoms with E-state index >= 15 is 0 Å². The van der Waals surface area contributed by atoms with Crippen molar-refractivity contribution in [3.05, 3.63) is 29.8 Å². The highest BCUT2D eigenvalue weighted by Gasteiger charge is 2.07. The van der Waals surface area contributed by atoms with Gasteiger partial charge in [-0.25, -0.2) is 4.99 Å². The summed E-state index contributed by atoms with van der Waals surface area (Å²) >= 11 is 0. The first-order valence-electron chi connectivity index (χ1n) is 5.00. The van der Waals surface area contributed by atoms with E-state index in [4.69, 9.17) is 5.11 Å². The fourth-order valence-corrected chi connectivity index (χ4v) is 1.00. The topological polar surface area (TPSA) is 49.7 Å². The predicted molar refractivity (Wildman–Crippen MR) is 60.2 cm³/mol. The maximum Gasteiger partial charge on any atom is 0.248 e. The molecule has 1 amide bonds. The quantitative estimate of drug-likeness (QED) is 0.770. The molecule has 0 fully saturated rings. The third kappa shape index (κ3) is 3.54. The molecule has 1 rings (SSSR count). The van der Waals surface area contributed by atoms with Gasteiger partial charge in [0.1, 0.15) is 5.75 Å². The first-order chi connectivity index (χ1) is 7.13. The predicted octanol–water partition coefficient (Wildman–Crippen LogP) is 2.38. The SMILES string of the molecule is CCC(C)C(=O)/N=C/c1ccc(O)cc1. The fourth-order valence-electron chi connectivity index (χ4n) is 1.00. The van der Waals surface area contributed by atoms with Crippen molar-refractivity contribution in [3.63, 3.8) is 0 Å². The van der Waals surface area contributed by atoms with Crippen LogP contribution in [0.3, 0.4) is 0 Å². The molecule has 0 radical (unpaired) electrons. The molecular weight excluding hydrogens is 190 g/mol. The highest BCUT2D eigenvalue weighted by atomic mass is 16.3. The molecule has 80 valence electrons. The number of benzene rings is 1. The van der Waals surface area contributed by atoms with Crippen molar-refractivity contribution in [1.29, 1.82) is 0 Å². The normalized spacial score (nSPS) is 12.9. The standard InChI is InChI=1S/C12H15NO2/c1-3-9(2)12(15)13-8-10-4-6-11(14)7-5-10/h4-9,14H,3H2,1-2H3/b13-8+. The van der Waals surface area contributed by atoms with Gasteiger partial charge in [0, 0.05) is 12.1 Å². The van der Waals surface area contributed by atoms with Crippen LogP contribution in [0.2, 0.25) is 0 Å². The highest BCUT2D eigenvalue weighted by molar-refractivity contribution is 5.92. The second kappa shape index (κ2) is 5.29. The van der Waals surface area contributed by atoms with E-state index in [1.807, 2.05) is 13.8 Å². The van der Waals surface area contributed by atoms with E-state index in [1.165, 1.54) is 6.21 Å². The largest absolute Gasteiger partial charge is 0.508 e. The van der Waals surface area contributed by atoms with E-state index in [0.29, 0.717) is 0 Å². The number of carbonyl (C=O) groups is 1. The maximum atomic E-state index is 11.4. The van der Waals surface area contributed by atoms with E-state index in [0.717, 1.165) is 12.0 Å². The summed E-state index contributed by atoms with van der Waals surface area (Å²) in [4.78, 5) is 15.2. The van der Waals surface area contributed by atoms with Crippen LogP contribution in [0.5, 0.6) is 5.75 Å². The first kappa shape index (κ1) is 11.4. The summed E-state index contributed by atoms with van der Waals surface area (Å²) in [6.07, 6.45) is 2.32. The molecule has 0 aliphatic heterocycles. The van der Waals surface area contributed by atoms with Gasteiger partial charge in [0.2, 0.25) is 5.91 Å². The van der Waals surface area contributed by atoms with E-state index in [1.54, 1.807) is 24.3 Å². The molecule has 1 aromatic rings. The summed E-state index contributed by atoms with van der Waals surface area (Å²) in [5.74, 6) is 0.0735. The summed E-state index contributed by atoms with van der Waals surface area (Å²) in [6.45, 7) is 3.81. The second-order valence-electron chi connectivity index (χ2n) is 3.50. The Hall–Kier alpha value is -1.64. The Labute approximate surface area is 89.5 Å². The lowest BCUT2D eigenvalue weighted by Crippen LogP contribution is -2.06. The Morgan fingerprint density at radius 1 is 1.47 bits per heavy atom. The van der Waals surface area contributed by atoms with Crippen LogP contribution in [-0.2, 0) is 4.79 Å². The van der Waals surface area contributed by atoms with Crippen LogP contribution in [0.25, 0.3) is 0 Å². The molecule has 1 aromatic carbocycles. The van der Waals surface area contributed by atoms with Crippen LogP contribution < -0.4 is 0 Å². The lowest BCUT2D eigenvalue weighted by Gasteiger charge is -2.00. The minimum Gasteiger partial charge on any atom is -0.508 e.